The van der Waals surface area contributed by atoms with Crippen LogP contribution in [-0.4, -0.2) is 36.1 Å². The highest BCUT2D eigenvalue weighted by Crippen LogP contribution is 2.53. The lowest BCUT2D eigenvalue weighted by molar-refractivity contribution is -0.168. The second-order valence-electron chi connectivity index (χ2n) is 10.2. The van der Waals surface area contributed by atoms with E-state index in [0.29, 0.717) is 25.4 Å². The molecule has 33 heavy (non-hydrogen) atoms. The van der Waals surface area contributed by atoms with Crippen LogP contribution >= 0.6 is 0 Å². The maximum Gasteiger partial charge on any atom is 0.229 e. The molecule has 178 valence electrons. The minimum absolute atomic E-state index is 0.0852. The number of benzene rings is 1. The van der Waals surface area contributed by atoms with Crippen molar-refractivity contribution in [1.29, 1.82) is 0 Å². The molecule has 1 spiro atoms. The fourth-order valence-corrected chi connectivity index (χ4v) is 5.93. The first kappa shape index (κ1) is 23.7. The van der Waals surface area contributed by atoms with Crippen LogP contribution in [0.4, 0.5) is 8.78 Å². The van der Waals surface area contributed by atoms with Gasteiger partial charge in [-0.1, -0.05) is 39.5 Å². The zero-order valence-corrected chi connectivity index (χ0v) is 19.7. The van der Waals surface area contributed by atoms with Gasteiger partial charge in [-0.2, -0.15) is 10.2 Å². The number of rotatable bonds is 6. The Morgan fingerprint density at radius 2 is 1.97 bits per heavy atom. The van der Waals surface area contributed by atoms with Crippen molar-refractivity contribution < 1.29 is 18.3 Å². The molecule has 7 heteroatoms. The van der Waals surface area contributed by atoms with E-state index in [2.05, 4.69) is 30.7 Å². The van der Waals surface area contributed by atoms with E-state index in [0.717, 1.165) is 25.9 Å². The monoisotopic (exact) mass is 457 g/mol. The van der Waals surface area contributed by atoms with E-state index in [1.807, 2.05) is 11.8 Å². The first-order chi connectivity index (χ1) is 15.7. The van der Waals surface area contributed by atoms with Crippen LogP contribution in [0.25, 0.3) is 5.70 Å². The number of allylic oxidation sites excluding steroid dienone is 1. The van der Waals surface area contributed by atoms with Crippen molar-refractivity contribution in [2.75, 3.05) is 19.7 Å². The second kappa shape index (κ2) is 9.09. The molecule has 1 amide bonds. The van der Waals surface area contributed by atoms with Gasteiger partial charge >= 0.3 is 0 Å². The molecular formula is C26H33F2N3O2. The molecule has 2 aliphatic heterocycles. The lowest BCUT2D eigenvalue weighted by Crippen LogP contribution is -2.65. The number of likely N-dealkylation sites (tertiary alicyclic amines) is 1. The van der Waals surface area contributed by atoms with Crippen LogP contribution in [0.2, 0.25) is 0 Å². The number of amides is 1. The minimum Gasteiger partial charge on any atom is -0.371 e. The van der Waals surface area contributed by atoms with Gasteiger partial charge in [-0.25, -0.2) is 8.78 Å². The summed E-state index contributed by atoms with van der Waals surface area (Å²) >= 11 is 0. The highest BCUT2D eigenvalue weighted by Gasteiger charge is 2.56. The largest absolute Gasteiger partial charge is 0.371 e. The van der Waals surface area contributed by atoms with Crippen molar-refractivity contribution in [2.24, 2.45) is 33.4 Å². The van der Waals surface area contributed by atoms with E-state index in [-0.39, 0.29) is 34.6 Å². The lowest BCUT2D eigenvalue weighted by atomic mass is 9.71. The lowest BCUT2D eigenvalue weighted by Gasteiger charge is -2.50. The Hall–Kier alpha value is -2.41. The summed E-state index contributed by atoms with van der Waals surface area (Å²) in [5.74, 6) is -1.09. The predicted octanol–water partition coefficient (Wildman–Crippen LogP) is 5.98. The highest BCUT2D eigenvalue weighted by atomic mass is 19.1. The summed E-state index contributed by atoms with van der Waals surface area (Å²) < 4.78 is 35.3. The third-order valence-electron chi connectivity index (χ3n) is 7.77. The van der Waals surface area contributed by atoms with Crippen molar-refractivity contribution >= 4 is 11.6 Å². The predicted molar refractivity (Wildman–Crippen MR) is 123 cm³/mol. The van der Waals surface area contributed by atoms with E-state index >= 15 is 0 Å². The summed E-state index contributed by atoms with van der Waals surface area (Å²) in [5.41, 5.74) is -0.991. The molecule has 4 rings (SSSR count). The van der Waals surface area contributed by atoms with Crippen molar-refractivity contribution in [3.63, 3.8) is 0 Å². The average Bonchev–Trinajstić information content (AvgIpc) is 3.36. The van der Waals surface area contributed by atoms with E-state index in [4.69, 9.17) is 4.74 Å². The highest BCUT2D eigenvalue weighted by molar-refractivity contribution is 5.85. The van der Waals surface area contributed by atoms with Crippen LogP contribution in [0, 0.1) is 34.8 Å². The average molecular weight is 458 g/mol. The normalized spacial score (nSPS) is 29.3. The zero-order chi connectivity index (χ0) is 23.8. The zero-order valence-electron chi connectivity index (χ0n) is 19.7. The van der Waals surface area contributed by atoms with Gasteiger partial charge in [-0.3, -0.25) is 4.79 Å². The number of carbonyl (C=O) groups excluding carboxylic acids is 1. The number of ether oxygens (including phenoxy) is 1. The fraction of sp³-hybridized carbons (Fsp3) is 0.577. The SMILES string of the molecule is C=CN=N/C(=C\C1[C@H](C(C)C)CC[C@]1(C)C(=O)N1CC2(CCCO2)C1)c1c(F)cccc1F. The molecule has 3 fully saturated rings. The molecular weight excluding hydrogens is 424 g/mol. The van der Waals surface area contributed by atoms with E-state index in [1.165, 1.54) is 24.4 Å². The molecule has 1 aromatic carbocycles. The van der Waals surface area contributed by atoms with Crippen molar-refractivity contribution in [1.82, 2.24) is 4.90 Å². The van der Waals surface area contributed by atoms with Crippen molar-refractivity contribution in [2.45, 2.75) is 52.1 Å². The molecule has 1 saturated carbocycles. The molecule has 1 aromatic rings. The van der Waals surface area contributed by atoms with Gasteiger partial charge in [0.1, 0.15) is 17.2 Å². The molecule has 2 heterocycles. The quantitative estimate of drug-likeness (QED) is 0.493. The Bertz CT molecular complexity index is 955. The molecule has 0 N–H and O–H groups in total. The topological polar surface area (TPSA) is 54.3 Å². The van der Waals surface area contributed by atoms with E-state index < -0.39 is 17.0 Å². The Morgan fingerprint density at radius 3 is 2.55 bits per heavy atom. The third kappa shape index (κ3) is 4.27. The molecule has 0 bridgehead atoms. The van der Waals surface area contributed by atoms with Gasteiger partial charge < -0.3 is 9.64 Å². The number of carbonyl (C=O) groups is 1. The maximum atomic E-state index is 14.7. The molecule has 2 saturated heterocycles. The van der Waals surface area contributed by atoms with Gasteiger partial charge in [-0.15, -0.1) is 0 Å². The summed E-state index contributed by atoms with van der Waals surface area (Å²) in [5, 5.41) is 7.92. The number of azo groups is 1. The van der Waals surface area contributed by atoms with Crippen LogP contribution < -0.4 is 0 Å². The van der Waals surface area contributed by atoms with Crippen LogP contribution in [0.15, 0.2) is 47.3 Å². The molecule has 1 aliphatic carbocycles. The van der Waals surface area contributed by atoms with Gasteiger partial charge in [0.25, 0.3) is 0 Å². The summed E-state index contributed by atoms with van der Waals surface area (Å²) in [6.45, 7) is 11.8. The third-order valence-corrected chi connectivity index (χ3v) is 7.77. The molecule has 3 atom stereocenters. The first-order valence-corrected chi connectivity index (χ1v) is 11.8. The van der Waals surface area contributed by atoms with Gasteiger partial charge in [-0.05, 0) is 55.6 Å². The Morgan fingerprint density at radius 1 is 1.27 bits per heavy atom. The molecule has 0 radical (unpaired) electrons. The van der Waals surface area contributed by atoms with E-state index in [1.54, 1.807) is 6.08 Å². The van der Waals surface area contributed by atoms with Gasteiger partial charge in [0, 0.05) is 12.8 Å². The number of nitrogens with zero attached hydrogens (tertiary/aromatic N) is 3. The smallest absolute Gasteiger partial charge is 0.229 e. The van der Waals surface area contributed by atoms with Crippen LogP contribution in [0.1, 0.15) is 52.0 Å². The van der Waals surface area contributed by atoms with Gasteiger partial charge in [0.05, 0.1) is 29.8 Å². The number of hydrogen-bond donors (Lipinski definition) is 0. The molecule has 5 nitrogen and oxygen atoms in total. The summed E-state index contributed by atoms with van der Waals surface area (Å²) in [6, 6.07) is 3.73. The standard InChI is InChI=1S/C26H33F2N3O2/c1-5-29-30-22(23-20(27)8-6-9-21(23)28)14-19-18(17(2)3)10-12-25(19,4)24(32)31-15-26(16-31)11-7-13-33-26/h5-6,8-9,14,17-19H,1,7,10-13,15-16H2,2-4H3/b22-14-,30-29?/t18-,19?,25-/m0/s1. The molecule has 3 aliphatic rings. The Balaban J connectivity index is 1.71. The maximum absolute atomic E-state index is 14.7. The van der Waals surface area contributed by atoms with Crippen LogP contribution in [0.5, 0.6) is 0 Å². The van der Waals surface area contributed by atoms with Gasteiger partial charge in [0.15, 0.2) is 0 Å². The van der Waals surface area contributed by atoms with Crippen molar-refractivity contribution in [3.05, 3.63) is 54.3 Å². The molecule has 1 unspecified atom stereocenters. The summed E-state index contributed by atoms with van der Waals surface area (Å²) in [4.78, 5) is 15.6. The minimum atomic E-state index is -0.709. The number of halogens is 2. The Labute approximate surface area is 194 Å². The van der Waals surface area contributed by atoms with Gasteiger partial charge in [0.2, 0.25) is 5.91 Å². The van der Waals surface area contributed by atoms with Crippen molar-refractivity contribution in [3.8, 4) is 0 Å². The fourth-order valence-electron chi connectivity index (χ4n) is 5.93. The van der Waals surface area contributed by atoms with E-state index in [9.17, 15) is 13.6 Å². The number of hydrogen-bond acceptors (Lipinski definition) is 4. The summed E-state index contributed by atoms with van der Waals surface area (Å²) in [6.07, 6.45) is 6.60. The van der Waals surface area contributed by atoms with Crippen LogP contribution in [0.3, 0.4) is 0 Å². The van der Waals surface area contributed by atoms with Crippen LogP contribution in [-0.2, 0) is 9.53 Å². The first-order valence-electron chi connectivity index (χ1n) is 11.8. The summed E-state index contributed by atoms with van der Waals surface area (Å²) in [7, 11) is 0. The Kier molecular flexibility index (Phi) is 6.54. The second-order valence-corrected chi connectivity index (χ2v) is 10.2. The molecule has 0 aromatic heterocycles.